The minimum Gasteiger partial charge on any atom is -0.462 e. The molecule has 3 rings (SSSR count). The minimum absolute atomic E-state index is 0.137. The number of carbonyl (C=O) groups is 2. The lowest BCUT2D eigenvalue weighted by Crippen LogP contribution is -2.30. The molecule has 0 saturated heterocycles. The zero-order valence-corrected chi connectivity index (χ0v) is 14.0. The molecule has 8 nitrogen and oxygen atoms in total. The summed E-state index contributed by atoms with van der Waals surface area (Å²) in [7, 11) is 0. The highest BCUT2D eigenvalue weighted by Gasteiger charge is 2.20. The third kappa shape index (κ3) is 3.57. The molecule has 8 heteroatoms. The molecule has 2 heterocycles. The average molecular weight is 345 g/mol. The molecule has 2 amide bonds. The molecule has 1 aliphatic rings. The van der Waals surface area contributed by atoms with Crippen molar-refractivity contribution in [3.8, 4) is 11.5 Å². The van der Waals surface area contributed by atoms with Crippen LogP contribution in [0.5, 0.6) is 11.5 Å². The van der Waals surface area contributed by atoms with Crippen molar-refractivity contribution in [2.24, 2.45) is 0 Å². The molecular weight excluding hydrogens is 326 g/mol. The molecular formula is C17H19N3O5. The predicted octanol–water partition coefficient (Wildman–Crippen LogP) is 2.67. The number of amides is 2. The van der Waals surface area contributed by atoms with E-state index in [1.807, 2.05) is 6.92 Å². The van der Waals surface area contributed by atoms with E-state index in [1.165, 1.54) is 0 Å². The van der Waals surface area contributed by atoms with Crippen molar-refractivity contribution in [3.05, 3.63) is 23.8 Å². The fourth-order valence-electron chi connectivity index (χ4n) is 2.41. The molecule has 0 aliphatic carbocycles. The number of hydrogen-bond acceptors (Lipinski definition) is 6. The van der Waals surface area contributed by atoms with Crippen molar-refractivity contribution in [3.63, 3.8) is 0 Å². The summed E-state index contributed by atoms with van der Waals surface area (Å²) in [5.41, 5.74) is 0.753. The first-order valence-corrected chi connectivity index (χ1v) is 8.08. The van der Waals surface area contributed by atoms with Crippen LogP contribution in [0.4, 0.5) is 10.6 Å². The number of aromatic nitrogens is 1. The van der Waals surface area contributed by atoms with Crippen LogP contribution in [-0.4, -0.2) is 36.9 Å². The first kappa shape index (κ1) is 16.8. The third-order valence-corrected chi connectivity index (χ3v) is 3.57. The second-order valence-corrected chi connectivity index (χ2v) is 5.38. The van der Waals surface area contributed by atoms with Crippen molar-refractivity contribution in [2.75, 3.05) is 25.3 Å². The number of urea groups is 1. The second-order valence-electron chi connectivity index (χ2n) is 5.38. The maximum absolute atomic E-state index is 12.2. The maximum Gasteiger partial charge on any atom is 0.341 e. The van der Waals surface area contributed by atoms with E-state index < -0.39 is 12.0 Å². The summed E-state index contributed by atoms with van der Waals surface area (Å²) in [6.07, 6.45) is 0.798. The Morgan fingerprint density at radius 2 is 1.96 bits per heavy atom. The molecule has 1 aromatic heterocycles. The number of anilines is 1. The average Bonchev–Trinajstić information content (AvgIpc) is 3.04. The number of rotatable bonds is 5. The lowest BCUT2D eigenvalue weighted by atomic mass is 10.1. The molecule has 1 aliphatic heterocycles. The topological polar surface area (TPSA) is 98.8 Å². The molecule has 25 heavy (non-hydrogen) atoms. The van der Waals surface area contributed by atoms with Crippen LogP contribution in [0.15, 0.2) is 18.2 Å². The Morgan fingerprint density at radius 1 is 1.20 bits per heavy atom. The number of esters is 1. The van der Waals surface area contributed by atoms with Crippen LogP contribution < -0.4 is 20.1 Å². The Balaban J connectivity index is 2.01. The van der Waals surface area contributed by atoms with E-state index in [0.717, 1.165) is 6.42 Å². The highest BCUT2D eigenvalue weighted by atomic mass is 16.7. The van der Waals surface area contributed by atoms with E-state index in [2.05, 4.69) is 15.6 Å². The maximum atomic E-state index is 12.2. The largest absolute Gasteiger partial charge is 0.462 e. The van der Waals surface area contributed by atoms with Crippen LogP contribution in [-0.2, 0) is 4.74 Å². The van der Waals surface area contributed by atoms with Crippen molar-refractivity contribution >= 4 is 28.7 Å². The normalized spacial score (nSPS) is 12.1. The van der Waals surface area contributed by atoms with Gasteiger partial charge in [-0.3, -0.25) is 5.32 Å². The molecule has 0 saturated carbocycles. The molecule has 0 bridgehead atoms. The van der Waals surface area contributed by atoms with Gasteiger partial charge in [-0.2, -0.15) is 0 Å². The fraction of sp³-hybridized carbons (Fsp3) is 0.353. The number of pyridine rings is 1. The number of benzene rings is 1. The van der Waals surface area contributed by atoms with Crippen LogP contribution in [0.1, 0.15) is 30.6 Å². The van der Waals surface area contributed by atoms with Gasteiger partial charge >= 0.3 is 12.0 Å². The van der Waals surface area contributed by atoms with E-state index in [-0.39, 0.29) is 24.8 Å². The predicted molar refractivity (Wildman–Crippen MR) is 91.1 cm³/mol. The van der Waals surface area contributed by atoms with E-state index in [1.54, 1.807) is 25.1 Å². The molecule has 2 N–H and O–H groups in total. The quantitative estimate of drug-likeness (QED) is 0.809. The van der Waals surface area contributed by atoms with E-state index in [9.17, 15) is 9.59 Å². The highest BCUT2D eigenvalue weighted by Crippen LogP contribution is 2.36. The number of carbonyl (C=O) groups excluding carboxylic acids is 2. The van der Waals surface area contributed by atoms with Crippen molar-refractivity contribution in [2.45, 2.75) is 20.3 Å². The van der Waals surface area contributed by atoms with Gasteiger partial charge in [0, 0.05) is 18.0 Å². The first-order chi connectivity index (χ1) is 12.1. The lowest BCUT2D eigenvalue weighted by molar-refractivity contribution is 0.0527. The van der Waals surface area contributed by atoms with Crippen molar-refractivity contribution < 1.29 is 23.8 Å². The molecule has 0 spiro atoms. The van der Waals surface area contributed by atoms with Crippen molar-refractivity contribution in [1.29, 1.82) is 0 Å². The Labute approximate surface area is 144 Å². The van der Waals surface area contributed by atoms with Crippen molar-refractivity contribution in [1.82, 2.24) is 10.3 Å². The Hall–Kier alpha value is -3.03. The van der Waals surface area contributed by atoms with Crippen LogP contribution in [0.2, 0.25) is 0 Å². The summed E-state index contributed by atoms with van der Waals surface area (Å²) < 4.78 is 15.8. The number of nitrogens with zero attached hydrogens (tertiary/aromatic N) is 1. The van der Waals surface area contributed by atoms with Gasteiger partial charge in [0.1, 0.15) is 11.4 Å². The molecule has 0 unspecified atom stereocenters. The SMILES string of the molecule is CCCNC(=O)Nc1nc2cc3c(cc2cc1C(=O)OCC)OCO3. The van der Waals surface area contributed by atoms with Gasteiger partial charge in [-0.25, -0.2) is 14.6 Å². The highest BCUT2D eigenvalue weighted by molar-refractivity contribution is 6.03. The standard InChI is InChI=1S/C17H19N3O5/c1-3-5-18-17(22)20-15-11(16(21)23-4-2)6-10-7-13-14(25-9-24-13)8-12(10)19-15/h6-8H,3-5,9H2,1-2H3,(H2,18,19,20,22). The summed E-state index contributed by atoms with van der Waals surface area (Å²) in [5.74, 6) is 0.745. The molecule has 0 radical (unpaired) electrons. The summed E-state index contributed by atoms with van der Waals surface area (Å²) in [4.78, 5) is 28.6. The molecule has 0 atom stereocenters. The molecule has 132 valence electrons. The summed E-state index contributed by atoms with van der Waals surface area (Å²) in [6, 6.07) is 4.65. The zero-order valence-electron chi connectivity index (χ0n) is 14.0. The summed E-state index contributed by atoms with van der Waals surface area (Å²) in [5, 5.41) is 5.98. The fourth-order valence-corrected chi connectivity index (χ4v) is 2.41. The number of fused-ring (bicyclic) bond motifs is 2. The van der Waals surface area contributed by atoms with Gasteiger partial charge in [0.15, 0.2) is 11.5 Å². The molecule has 2 aromatic rings. The first-order valence-electron chi connectivity index (χ1n) is 8.08. The van der Waals surface area contributed by atoms with Gasteiger partial charge in [0.25, 0.3) is 0 Å². The smallest absolute Gasteiger partial charge is 0.341 e. The molecule has 0 fully saturated rings. The second kappa shape index (κ2) is 7.25. The monoisotopic (exact) mass is 345 g/mol. The van der Waals surface area contributed by atoms with Gasteiger partial charge in [-0.05, 0) is 25.5 Å². The van der Waals surface area contributed by atoms with E-state index in [4.69, 9.17) is 14.2 Å². The van der Waals surface area contributed by atoms with Gasteiger partial charge in [0.2, 0.25) is 6.79 Å². The Bertz CT molecular complexity index is 822. The van der Waals surface area contributed by atoms with Gasteiger partial charge < -0.3 is 19.5 Å². The number of nitrogens with one attached hydrogen (secondary N) is 2. The molecule has 1 aromatic carbocycles. The Kier molecular flexibility index (Phi) is 4.87. The number of ether oxygens (including phenoxy) is 3. The van der Waals surface area contributed by atoms with Gasteiger partial charge in [-0.15, -0.1) is 0 Å². The summed E-state index contributed by atoms with van der Waals surface area (Å²) in [6.45, 7) is 4.54. The van der Waals surface area contributed by atoms with E-state index >= 15 is 0 Å². The third-order valence-electron chi connectivity index (χ3n) is 3.57. The van der Waals surface area contributed by atoms with E-state index in [0.29, 0.717) is 28.9 Å². The zero-order chi connectivity index (χ0) is 17.8. The number of hydrogen-bond donors (Lipinski definition) is 2. The van der Waals surface area contributed by atoms with Crippen LogP contribution >= 0.6 is 0 Å². The minimum atomic E-state index is -0.555. The van der Waals surface area contributed by atoms with Crippen LogP contribution in [0.3, 0.4) is 0 Å². The van der Waals surface area contributed by atoms with Crippen LogP contribution in [0.25, 0.3) is 10.9 Å². The summed E-state index contributed by atoms with van der Waals surface area (Å²) >= 11 is 0. The van der Waals surface area contributed by atoms with Gasteiger partial charge in [0.05, 0.1) is 12.1 Å². The van der Waals surface area contributed by atoms with Crippen LogP contribution in [0, 0.1) is 0 Å². The lowest BCUT2D eigenvalue weighted by Gasteiger charge is -2.12. The van der Waals surface area contributed by atoms with Gasteiger partial charge in [-0.1, -0.05) is 6.92 Å². The Morgan fingerprint density at radius 3 is 2.68 bits per heavy atom.